The molecule has 0 bridgehead atoms. The minimum atomic E-state index is -0.0402. The van der Waals surface area contributed by atoms with E-state index < -0.39 is 0 Å². The van der Waals surface area contributed by atoms with E-state index in [0.717, 1.165) is 43.8 Å². The van der Waals surface area contributed by atoms with Gasteiger partial charge in [0.2, 0.25) is 5.91 Å². The first-order chi connectivity index (χ1) is 8.75. The number of benzene rings is 1. The van der Waals surface area contributed by atoms with Gasteiger partial charge in [0.15, 0.2) is 0 Å². The van der Waals surface area contributed by atoms with Gasteiger partial charge in [-0.25, -0.2) is 0 Å². The van der Waals surface area contributed by atoms with Gasteiger partial charge in [0.1, 0.15) is 0 Å². The summed E-state index contributed by atoms with van der Waals surface area (Å²) in [5.74, 6) is -0.0402. The second kappa shape index (κ2) is 6.52. The Bertz CT molecular complexity index is 401. The maximum Gasteiger partial charge on any atom is 0.221 e. The van der Waals surface area contributed by atoms with Crippen molar-refractivity contribution in [3.8, 4) is 0 Å². The van der Waals surface area contributed by atoms with Crippen molar-refractivity contribution in [2.24, 2.45) is 0 Å². The number of hydrogen-bond donors (Lipinski definition) is 2. The molecule has 1 aromatic carbocycles. The van der Waals surface area contributed by atoms with Gasteiger partial charge in [-0.05, 0) is 24.5 Å². The summed E-state index contributed by atoms with van der Waals surface area (Å²) in [5, 5.41) is 6.22. The Morgan fingerprint density at radius 3 is 3.00 bits per heavy atom. The van der Waals surface area contributed by atoms with Gasteiger partial charge in [0.25, 0.3) is 0 Å². The zero-order valence-electron chi connectivity index (χ0n) is 10.7. The zero-order valence-corrected chi connectivity index (χ0v) is 10.7. The van der Waals surface area contributed by atoms with Gasteiger partial charge in [-0.3, -0.25) is 4.79 Å². The van der Waals surface area contributed by atoms with Crippen molar-refractivity contribution in [1.82, 2.24) is 5.32 Å². The molecule has 98 valence electrons. The molecule has 2 rings (SSSR count). The van der Waals surface area contributed by atoms with E-state index in [4.69, 9.17) is 4.74 Å². The Hall–Kier alpha value is -1.39. The largest absolute Gasteiger partial charge is 0.377 e. The number of ether oxygens (including phenoxy) is 1. The highest BCUT2D eigenvalue weighted by Gasteiger charge is 2.14. The van der Waals surface area contributed by atoms with E-state index in [0.29, 0.717) is 6.10 Å². The SMILES string of the molecule is CC(=O)Nc1ccccc1CNCC1CCCO1. The molecule has 0 aromatic heterocycles. The zero-order chi connectivity index (χ0) is 12.8. The lowest BCUT2D eigenvalue weighted by Crippen LogP contribution is -2.26. The summed E-state index contributed by atoms with van der Waals surface area (Å²) in [6.45, 7) is 4.02. The molecule has 0 radical (unpaired) electrons. The van der Waals surface area contributed by atoms with Crippen LogP contribution in [0, 0.1) is 0 Å². The normalized spacial score (nSPS) is 18.8. The first-order valence-corrected chi connectivity index (χ1v) is 6.43. The van der Waals surface area contributed by atoms with Gasteiger partial charge < -0.3 is 15.4 Å². The number of amides is 1. The van der Waals surface area contributed by atoms with Crippen LogP contribution in [0.3, 0.4) is 0 Å². The van der Waals surface area contributed by atoms with E-state index in [1.807, 2.05) is 24.3 Å². The lowest BCUT2D eigenvalue weighted by atomic mass is 10.1. The molecule has 1 aliphatic rings. The average Bonchev–Trinajstić information content (AvgIpc) is 2.84. The van der Waals surface area contributed by atoms with Gasteiger partial charge in [0.05, 0.1) is 6.10 Å². The van der Waals surface area contributed by atoms with Crippen LogP contribution in [0.4, 0.5) is 5.69 Å². The van der Waals surface area contributed by atoms with Crippen molar-refractivity contribution in [3.05, 3.63) is 29.8 Å². The lowest BCUT2D eigenvalue weighted by molar-refractivity contribution is -0.114. The molecule has 0 aliphatic carbocycles. The highest BCUT2D eigenvalue weighted by atomic mass is 16.5. The number of anilines is 1. The quantitative estimate of drug-likeness (QED) is 0.837. The third-order valence-electron chi connectivity index (χ3n) is 3.04. The molecule has 0 saturated carbocycles. The van der Waals surface area contributed by atoms with Crippen molar-refractivity contribution in [3.63, 3.8) is 0 Å². The maximum atomic E-state index is 11.1. The second-order valence-electron chi connectivity index (χ2n) is 4.60. The molecule has 4 heteroatoms. The second-order valence-corrected chi connectivity index (χ2v) is 4.60. The minimum absolute atomic E-state index is 0.0402. The summed E-state index contributed by atoms with van der Waals surface area (Å²) >= 11 is 0. The molecule has 1 aliphatic heterocycles. The van der Waals surface area contributed by atoms with Crippen molar-refractivity contribution < 1.29 is 9.53 Å². The fourth-order valence-corrected chi connectivity index (χ4v) is 2.16. The fourth-order valence-electron chi connectivity index (χ4n) is 2.16. The van der Waals surface area contributed by atoms with E-state index in [-0.39, 0.29) is 5.91 Å². The highest BCUT2D eigenvalue weighted by Crippen LogP contribution is 2.15. The summed E-state index contributed by atoms with van der Waals surface area (Å²) in [6, 6.07) is 7.85. The molecule has 4 nitrogen and oxygen atoms in total. The monoisotopic (exact) mass is 248 g/mol. The van der Waals surface area contributed by atoms with Crippen LogP contribution in [0.2, 0.25) is 0 Å². The van der Waals surface area contributed by atoms with Crippen molar-refractivity contribution >= 4 is 11.6 Å². The summed E-state index contributed by atoms with van der Waals surface area (Å²) in [4.78, 5) is 11.1. The molecule has 1 amide bonds. The molecule has 1 aromatic rings. The van der Waals surface area contributed by atoms with E-state index >= 15 is 0 Å². The van der Waals surface area contributed by atoms with Crippen LogP contribution in [0.15, 0.2) is 24.3 Å². The molecule has 18 heavy (non-hydrogen) atoms. The smallest absolute Gasteiger partial charge is 0.221 e. The Labute approximate surface area is 108 Å². The van der Waals surface area contributed by atoms with Crippen LogP contribution in [-0.4, -0.2) is 25.2 Å². The molecule has 2 N–H and O–H groups in total. The van der Waals surface area contributed by atoms with Crippen LogP contribution in [0.5, 0.6) is 0 Å². The molecule has 0 spiro atoms. The van der Waals surface area contributed by atoms with Crippen LogP contribution < -0.4 is 10.6 Å². The fraction of sp³-hybridized carbons (Fsp3) is 0.500. The molecule has 1 saturated heterocycles. The number of rotatable bonds is 5. The number of carbonyl (C=O) groups excluding carboxylic acids is 1. The van der Waals surface area contributed by atoms with Gasteiger partial charge in [-0.2, -0.15) is 0 Å². The predicted octanol–water partition coefficient (Wildman–Crippen LogP) is 1.91. The van der Waals surface area contributed by atoms with Crippen LogP contribution in [0.1, 0.15) is 25.3 Å². The third kappa shape index (κ3) is 3.82. The van der Waals surface area contributed by atoms with Crippen molar-refractivity contribution in [2.75, 3.05) is 18.5 Å². The molecule has 1 atom stereocenters. The molecule has 1 unspecified atom stereocenters. The first-order valence-electron chi connectivity index (χ1n) is 6.43. The van der Waals surface area contributed by atoms with E-state index in [1.165, 1.54) is 6.92 Å². The Morgan fingerprint density at radius 1 is 1.44 bits per heavy atom. The minimum Gasteiger partial charge on any atom is -0.377 e. The molecule has 1 heterocycles. The molecule has 1 fully saturated rings. The van der Waals surface area contributed by atoms with Gasteiger partial charge in [-0.1, -0.05) is 18.2 Å². The first kappa shape index (κ1) is 13.1. The van der Waals surface area contributed by atoms with Crippen molar-refractivity contribution in [2.45, 2.75) is 32.4 Å². The summed E-state index contributed by atoms with van der Waals surface area (Å²) < 4.78 is 5.55. The maximum absolute atomic E-state index is 11.1. The number of nitrogens with one attached hydrogen (secondary N) is 2. The van der Waals surface area contributed by atoms with Crippen LogP contribution >= 0.6 is 0 Å². The molecular weight excluding hydrogens is 228 g/mol. The van der Waals surface area contributed by atoms with Gasteiger partial charge in [-0.15, -0.1) is 0 Å². The number of hydrogen-bond acceptors (Lipinski definition) is 3. The topological polar surface area (TPSA) is 50.4 Å². The van der Waals surface area contributed by atoms with Crippen LogP contribution in [0.25, 0.3) is 0 Å². The highest BCUT2D eigenvalue weighted by molar-refractivity contribution is 5.89. The standard InChI is InChI=1S/C14H20N2O2/c1-11(17)16-14-7-3-2-5-12(14)9-15-10-13-6-4-8-18-13/h2-3,5,7,13,15H,4,6,8-10H2,1H3,(H,16,17). The molecular formula is C14H20N2O2. The summed E-state index contributed by atoms with van der Waals surface area (Å²) in [6.07, 6.45) is 2.65. The Morgan fingerprint density at radius 2 is 2.28 bits per heavy atom. The van der Waals surface area contributed by atoms with Crippen molar-refractivity contribution in [1.29, 1.82) is 0 Å². The number of para-hydroxylation sites is 1. The average molecular weight is 248 g/mol. The number of carbonyl (C=O) groups is 1. The van der Waals surface area contributed by atoms with E-state index in [1.54, 1.807) is 0 Å². The predicted molar refractivity (Wildman–Crippen MR) is 71.4 cm³/mol. The third-order valence-corrected chi connectivity index (χ3v) is 3.04. The Balaban J connectivity index is 1.85. The van der Waals surface area contributed by atoms with E-state index in [9.17, 15) is 4.79 Å². The summed E-state index contributed by atoms with van der Waals surface area (Å²) in [7, 11) is 0. The van der Waals surface area contributed by atoms with Crippen LogP contribution in [-0.2, 0) is 16.1 Å². The summed E-state index contributed by atoms with van der Waals surface area (Å²) in [5.41, 5.74) is 1.98. The van der Waals surface area contributed by atoms with Gasteiger partial charge in [0, 0.05) is 32.3 Å². The lowest BCUT2D eigenvalue weighted by Gasteiger charge is -2.13. The Kier molecular flexibility index (Phi) is 4.73. The van der Waals surface area contributed by atoms with E-state index in [2.05, 4.69) is 10.6 Å². The van der Waals surface area contributed by atoms with Gasteiger partial charge >= 0.3 is 0 Å².